The van der Waals surface area contributed by atoms with E-state index in [1.807, 2.05) is 0 Å². The molecular weight excluding hydrogens is 395 g/mol. The molecule has 0 saturated heterocycles. The van der Waals surface area contributed by atoms with E-state index in [2.05, 4.69) is 4.74 Å². The van der Waals surface area contributed by atoms with Gasteiger partial charge in [-0.05, 0) is 12.1 Å². The molecule has 7 nitrogen and oxygen atoms in total. The van der Waals surface area contributed by atoms with Gasteiger partial charge in [-0.3, -0.25) is 14.9 Å². The van der Waals surface area contributed by atoms with Crippen molar-refractivity contribution in [3.05, 3.63) is 62.2 Å². The Bertz CT molecular complexity index is 1020. The van der Waals surface area contributed by atoms with Gasteiger partial charge in [-0.15, -0.1) is 13.2 Å². The lowest BCUT2D eigenvalue weighted by molar-refractivity contribution is -0.387. The Morgan fingerprint density at radius 2 is 2.00 bits per heavy atom. The van der Waals surface area contributed by atoms with Gasteiger partial charge >= 0.3 is 6.36 Å². The molecule has 0 spiro atoms. The molecule has 2 aliphatic rings. The molecule has 0 amide bonds. The van der Waals surface area contributed by atoms with Crippen molar-refractivity contribution in [2.75, 3.05) is 0 Å². The smallest absolute Gasteiger partial charge is 0.456 e. The first-order chi connectivity index (χ1) is 12.5. The Labute approximate surface area is 153 Å². The quantitative estimate of drug-likeness (QED) is 0.609. The monoisotopic (exact) mass is 401 g/mol. The van der Waals surface area contributed by atoms with Crippen molar-refractivity contribution in [3.63, 3.8) is 0 Å². The summed E-state index contributed by atoms with van der Waals surface area (Å²) in [5, 5.41) is 22.2. The number of ether oxygens (including phenoxy) is 2. The highest BCUT2D eigenvalue weighted by Gasteiger charge is 2.62. The number of hydrogen-bond acceptors (Lipinski definition) is 6. The summed E-state index contributed by atoms with van der Waals surface area (Å²) in [5.74, 6) is -5.47. The average Bonchev–Trinajstić information content (AvgIpc) is 2.95. The van der Waals surface area contributed by atoms with Crippen molar-refractivity contribution in [2.24, 2.45) is 0 Å². The minimum atomic E-state index is -4.95. The zero-order valence-corrected chi connectivity index (χ0v) is 13.7. The molecule has 1 aliphatic heterocycles. The summed E-state index contributed by atoms with van der Waals surface area (Å²) in [6.07, 6.45) is -4.95. The SMILES string of the molecule is O=C1c2c(Cl)ccc([N+](=O)[O-])c2C2(O)Oc3cc(OC(F)(F)F)ccc3C12. The highest BCUT2D eigenvalue weighted by atomic mass is 35.5. The summed E-state index contributed by atoms with van der Waals surface area (Å²) < 4.78 is 46.3. The molecule has 1 heterocycles. The highest BCUT2D eigenvalue weighted by molar-refractivity contribution is 6.35. The van der Waals surface area contributed by atoms with E-state index in [-0.39, 0.29) is 21.9 Å². The van der Waals surface area contributed by atoms with Crippen LogP contribution >= 0.6 is 11.6 Å². The number of hydrogen-bond donors (Lipinski definition) is 1. The van der Waals surface area contributed by atoms with E-state index in [4.69, 9.17) is 16.3 Å². The molecule has 1 aliphatic carbocycles. The Morgan fingerprint density at radius 1 is 1.30 bits per heavy atom. The maximum Gasteiger partial charge on any atom is 0.573 e. The van der Waals surface area contributed by atoms with Crippen LogP contribution in [0, 0.1) is 10.1 Å². The number of ketones is 1. The normalized spacial score (nSPS) is 22.7. The largest absolute Gasteiger partial charge is 0.573 e. The van der Waals surface area contributed by atoms with E-state index in [0.29, 0.717) is 0 Å². The number of Topliss-reactive ketones (excluding diaryl/α,β-unsaturated/α-hetero) is 1. The van der Waals surface area contributed by atoms with Crippen molar-refractivity contribution < 1.29 is 37.5 Å². The van der Waals surface area contributed by atoms with Crippen molar-refractivity contribution in [3.8, 4) is 11.5 Å². The summed E-state index contributed by atoms with van der Waals surface area (Å²) in [6, 6.07) is 5.10. The molecule has 2 unspecified atom stereocenters. The number of rotatable bonds is 2. The summed E-state index contributed by atoms with van der Waals surface area (Å²) in [4.78, 5) is 23.3. The Hall–Kier alpha value is -2.85. The van der Waals surface area contributed by atoms with Gasteiger partial charge in [0.25, 0.3) is 11.5 Å². The maximum atomic E-state index is 12.8. The second kappa shape index (κ2) is 5.33. The lowest BCUT2D eigenvalue weighted by Gasteiger charge is -2.22. The van der Waals surface area contributed by atoms with Crippen LogP contribution in [0.25, 0.3) is 0 Å². The predicted octanol–water partition coefficient (Wildman–Crippen LogP) is 3.66. The second-order valence-electron chi connectivity index (χ2n) is 5.92. The first kappa shape index (κ1) is 17.6. The summed E-state index contributed by atoms with van der Waals surface area (Å²) in [5.41, 5.74) is -1.20. The number of carbonyl (C=O) groups excluding carboxylic acids is 1. The van der Waals surface area contributed by atoms with Gasteiger partial charge in [-0.25, -0.2) is 0 Å². The van der Waals surface area contributed by atoms with Crippen LogP contribution in [0.4, 0.5) is 18.9 Å². The third kappa shape index (κ3) is 2.44. The lowest BCUT2D eigenvalue weighted by atomic mass is 9.92. The molecule has 140 valence electrons. The fourth-order valence-corrected chi connectivity index (χ4v) is 3.71. The molecular formula is C16H7ClF3NO6. The topological polar surface area (TPSA) is 98.9 Å². The van der Waals surface area contributed by atoms with Crippen molar-refractivity contribution >= 4 is 23.1 Å². The third-order valence-electron chi connectivity index (χ3n) is 4.38. The van der Waals surface area contributed by atoms with E-state index in [0.717, 1.165) is 30.3 Å². The third-order valence-corrected chi connectivity index (χ3v) is 4.70. The minimum absolute atomic E-state index is 0.0681. The van der Waals surface area contributed by atoms with Crippen LogP contribution in [0.5, 0.6) is 11.5 Å². The molecule has 2 aromatic rings. The van der Waals surface area contributed by atoms with Crippen LogP contribution in [0.1, 0.15) is 27.4 Å². The van der Waals surface area contributed by atoms with Crippen LogP contribution in [0.2, 0.25) is 5.02 Å². The van der Waals surface area contributed by atoms with Crippen LogP contribution in [-0.2, 0) is 5.79 Å². The zero-order chi connectivity index (χ0) is 19.7. The number of fused-ring (bicyclic) bond motifs is 5. The molecule has 0 bridgehead atoms. The van der Waals surface area contributed by atoms with Gasteiger partial charge < -0.3 is 14.6 Å². The van der Waals surface area contributed by atoms with Gasteiger partial charge in [-0.2, -0.15) is 0 Å². The summed E-state index contributed by atoms with van der Waals surface area (Å²) in [7, 11) is 0. The second-order valence-corrected chi connectivity index (χ2v) is 6.32. The Morgan fingerprint density at radius 3 is 2.63 bits per heavy atom. The van der Waals surface area contributed by atoms with Gasteiger partial charge in [0.15, 0.2) is 5.78 Å². The molecule has 1 N–H and O–H groups in total. The molecule has 0 saturated carbocycles. The van der Waals surface area contributed by atoms with Crippen LogP contribution in [0.15, 0.2) is 30.3 Å². The van der Waals surface area contributed by atoms with E-state index < -0.39 is 45.8 Å². The first-order valence-corrected chi connectivity index (χ1v) is 7.73. The molecule has 2 aromatic carbocycles. The fourth-order valence-electron chi connectivity index (χ4n) is 3.46. The van der Waals surface area contributed by atoms with Crippen LogP contribution < -0.4 is 9.47 Å². The molecule has 0 radical (unpaired) electrons. The number of aliphatic hydroxyl groups is 1. The zero-order valence-electron chi connectivity index (χ0n) is 12.9. The molecule has 0 fully saturated rings. The number of halogens is 4. The lowest BCUT2D eigenvalue weighted by Crippen LogP contribution is -2.33. The van der Waals surface area contributed by atoms with Gasteiger partial charge in [-0.1, -0.05) is 17.7 Å². The van der Waals surface area contributed by atoms with Crippen molar-refractivity contribution in [1.29, 1.82) is 0 Å². The van der Waals surface area contributed by atoms with Crippen LogP contribution in [-0.4, -0.2) is 22.2 Å². The number of alkyl halides is 3. The van der Waals surface area contributed by atoms with Crippen LogP contribution in [0.3, 0.4) is 0 Å². The number of nitro groups is 1. The van der Waals surface area contributed by atoms with E-state index in [1.165, 1.54) is 0 Å². The Balaban J connectivity index is 1.87. The molecule has 2 atom stereocenters. The molecule has 0 aromatic heterocycles. The summed E-state index contributed by atoms with van der Waals surface area (Å²) in [6.45, 7) is 0. The molecule has 4 rings (SSSR count). The number of nitro benzene ring substituents is 1. The molecule has 11 heteroatoms. The molecule has 27 heavy (non-hydrogen) atoms. The number of carbonyl (C=O) groups is 1. The number of benzene rings is 2. The van der Waals surface area contributed by atoms with Gasteiger partial charge in [0.1, 0.15) is 23.0 Å². The number of nitrogens with zero attached hydrogens (tertiary/aromatic N) is 1. The highest BCUT2D eigenvalue weighted by Crippen LogP contribution is 2.59. The maximum absolute atomic E-state index is 12.8. The van der Waals surface area contributed by atoms with E-state index in [9.17, 15) is 33.2 Å². The average molecular weight is 402 g/mol. The first-order valence-electron chi connectivity index (χ1n) is 7.35. The van der Waals surface area contributed by atoms with Gasteiger partial charge in [0.05, 0.1) is 15.5 Å². The van der Waals surface area contributed by atoms with E-state index in [1.54, 1.807) is 0 Å². The predicted molar refractivity (Wildman–Crippen MR) is 82.8 cm³/mol. The van der Waals surface area contributed by atoms with Gasteiger partial charge in [0, 0.05) is 17.7 Å². The minimum Gasteiger partial charge on any atom is -0.456 e. The van der Waals surface area contributed by atoms with E-state index >= 15 is 0 Å². The standard InChI is InChI=1S/C16H7ClF3NO6/c17-8-3-4-9(21(24)25)13-11(8)14(22)12-7-2-1-6(26-16(18,19)20)5-10(7)27-15(12,13)23/h1-5,12,23H. The Kier molecular flexibility index (Phi) is 3.47. The van der Waals surface area contributed by atoms with Crippen molar-refractivity contribution in [1.82, 2.24) is 0 Å². The van der Waals surface area contributed by atoms with Crippen molar-refractivity contribution in [2.45, 2.75) is 18.1 Å². The fraction of sp³-hybridized carbons (Fsp3) is 0.188. The van der Waals surface area contributed by atoms with Gasteiger partial charge in [0.2, 0.25) is 0 Å². The summed E-state index contributed by atoms with van der Waals surface area (Å²) >= 11 is 5.98.